The van der Waals surface area contributed by atoms with Crippen molar-refractivity contribution >= 4 is 23.1 Å². The maximum Gasteiger partial charge on any atom is 0.269 e. The Morgan fingerprint density at radius 3 is 2.58 bits per heavy atom. The summed E-state index contributed by atoms with van der Waals surface area (Å²) in [7, 11) is 1.52. The second kappa shape index (κ2) is 6.71. The zero-order valence-corrected chi connectivity index (χ0v) is 13.2. The van der Waals surface area contributed by atoms with Crippen LogP contribution in [0.3, 0.4) is 0 Å². The van der Waals surface area contributed by atoms with E-state index in [1.807, 2.05) is 0 Å². The van der Waals surface area contributed by atoms with Gasteiger partial charge in [0.05, 0.1) is 7.11 Å². The number of benzene rings is 2. The number of amides is 1. The molecule has 24 heavy (non-hydrogen) atoms. The average molecular weight is 347 g/mol. The fourth-order valence-electron chi connectivity index (χ4n) is 2.09. The summed E-state index contributed by atoms with van der Waals surface area (Å²) in [6.45, 7) is 0. The van der Waals surface area contributed by atoms with Gasteiger partial charge in [0.25, 0.3) is 5.91 Å². The van der Waals surface area contributed by atoms with Gasteiger partial charge in [-0.2, -0.15) is 0 Å². The molecule has 1 aromatic heterocycles. The van der Waals surface area contributed by atoms with Gasteiger partial charge in [-0.15, -0.1) is 5.10 Å². The van der Waals surface area contributed by atoms with Crippen LogP contribution in [0.2, 0.25) is 0 Å². The molecular weight excluding hydrogens is 336 g/mol. The Morgan fingerprint density at radius 1 is 1.17 bits per heavy atom. The molecule has 0 unspecified atom stereocenters. The number of carbonyl (C=O) groups is 1. The summed E-state index contributed by atoms with van der Waals surface area (Å²) in [6.07, 6.45) is 0. The predicted molar refractivity (Wildman–Crippen MR) is 86.2 cm³/mol. The minimum absolute atomic E-state index is 0.144. The number of aromatic nitrogens is 2. The topological polar surface area (TPSA) is 64.1 Å². The molecule has 0 radical (unpaired) electrons. The molecule has 1 amide bonds. The number of hydrogen-bond acceptors (Lipinski definition) is 5. The van der Waals surface area contributed by atoms with Gasteiger partial charge in [-0.3, -0.25) is 4.79 Å². The standard InChI is InChI=1S/C16H11F2N3O2S/c1-23-10-5-2-4-9(8-10)13-15(24-21-20-13)16(22)19-14-11(17)6-3-7-12(14)18/h2-8H,1H3,(H,19,22). The van der Waals surface area contributed by atoms with Crippen molar-refractivity contribution in [3.8, 4) is 17.0 Å². The van der Waals surface area contributed by atoms with Crippen LogP contribution in [0.5, 0.6) is 5.75 Å². The first kappa shape index (κ1) is 16.0. The molecule has 0 atom stereocenters. The van der Waals surface area contributed by atoms with Crippen LogP contribution in [0.4, 0.5) is 14.5 Å². The van der Waals surface area contributed by atoms with E-state index < -0.39 is 23.2 Å². The van der Waals surface area contributed by atoms with Gasteiger partial charge in [-0.25, -0.2) is 8.78 Å². The van der Waals surface area contributed by atoms with Crippen LogP contribution >= 0.6 is 11.5 Å². The third kappa shape index (κ3) is 3.09. The highest BCUT2D eigenvalue weighted by molar-refractivity contribution is 7.08. The number of carbonyl (C=O) groups excluding carboxylic acids is 1. The van der Waals surface area contributed by atoms with Gasteiger partial charge in [0.2, 0.25) is 0 Å². The van der Waals surface area contributed by atoms with E-state index in [9.17, 15) is 13.6 Å². The number of nitrogens with one attached hydrogen (secondary N) is 1. The van der Waals surface area contributed by atoms with Crippen LogP contribution in [0, 0.1) is 11.6 Å². The summed E-state index contributed by atoms with van der Waals surface area (Å²) in [5.74, 6) is -1.81. The van der Waals surface area contributed by atoms with Gasteiger partial charge in [0, 0.05) is 5.56 Å². The summed E-state index contributed by atoms with van der Waals surface area (Å²) in [5.41, 5.74) is 0.419. The molecular formula is C16H11F2N3O2S. The highest BCUT2D eigenvalue weighted by atomic mass is 32.1. The monoisotopic (exact) mass is 347 g/mol. The van der Waals surface area contributed by atoms with Gasteiger partial charge < -0.3 is 10.1 Å². The number of rotatable bonds is 4. The van der Waals surface area contributed by atoms with Gasteiger partial charge in [0.15, 0.2) is 0 Å². The number of para-hydroxylation sites is 1. The minimum Gasteiger partial charge on any atom is -0.497 e. The highest BCUT2D eigenvalue weighted by Gasteiger charge is 2.20. The molecule has 0 spiro atoms. The molecule has 0 aliphatic carbocycles. The van der Waals surface area contributed by atoms with E-state index in [0.29, 0.717) is 17.0 Å². The van der Waals surface area contributed by atoms with Crippen molar-refractivity contribution in [3.63, 3.8) is 0 Å². The van der Waals surface area contributed by atoms with Crippen LogP contribution < -0.4 is 10.1 Å². The Labute approximate surface area is 140 Å². The molecule has 5 nitrogen and oxygen atoms in total. The molecule has 8 heteroatoms. The molecule has 3 aromatic rings. The highest BCUT2D eigenvalue weighted by Crippen LogP contribution is 2.28. The maximum atomic E-state index is 13.7. The van der Waals surface area contributed by atoms with Crippen molar-refractivity contribution in [1.82, 2.24) is 9.59 Å². The first-order valence-electron chi connectivity index (χ1n) is 6.82. The fourth-order valence-corrected chi connectivity index (χ4v) is 2.67. The molecule has 0 aliphatic heterocycles. The van der Waals surface area contributed by atoms with E-state index in [4.69, 9.17) is 4.74 Å². The Hall–Kier alpha value is -2.87. The summed E-state index contributed by atoms with van der Waals surface area (Å²) >= 11 is 0.838. The molecule has 1 heterocycles. The molecule has 0 saturated carbocycles. The van der Waals surface area contributed by atoms with Crippen molar-refractivity contribution in [2.75, 3.05) is 12.4 Å². The minimum atomic E-state index is -0.858. The molecule has 122 valence electrons. The zero-order chi connectivity index (χ0) is 17.1. The second-order valence-electron chi connectivity index (χ2n) is 4.73. The normalized spacial score (nSPS) is 10.5. The summed E-state index contributed by atoms with van der Waals surface area (Å²) in [6, 6.07) is 10.3. The lowest BCUT2D eigenvalue weighted by Crippen LogP contribution is -2.14. The summed E-state index contributed by atoms with van der Waals surface area (Å²) in [4.78, 5) is 12.5. The van der Waals surface area contributed by atoms with Crippen molar-refractivity contribution in [2.24, 2.45) is 0 Å². The number of halogens is 2. The van der Waals surface area contributed by atoms with Crippen molar-refractivity contribution in [2.45, 2.75) is 0 Å². The van der Waals surface area contributed by atoms with E-state index in [-0.39, 0.29) is 4.88 Å². The molecule has 3 rings (SSSR count). The third-order valence-corrected chi connectivity index (χ3v) is 3.96. The number of ether oxygens (including phenoxy) is 1. The number of nitrogens with zero attached hydrogens (tertiary/aromatic N) is 2. The van der Waals surface area contributed by atoms with Crippen molar-refractivity contribution in [1.29, 1.82) is 0 Å². The molecule has 1 N–H and O–H groups in total. The van der Waals surface area contributed by atoms with Crippen LogP contribution in [-0.2, 0) is 0 Å². The third-order valence-electron chi connectivity index (χ3n) is 3.24. The predicted octanol–water partition coefficient (Wildman–Crippen LogP) is 3.74. The molecule has 2 aromatic carbocycles. The van der Waals surface area contributed by atoms with E-state index >= 15 is 0 Å². The van der Waals surface area contributed by atoms with Crippen LogP contribution in [0.25, 0.3) is 11.3 Å². The smallest absolute Gasteiger partial charge is 0.269 e. The largest absolute Gasteiger partial charge is 0.497 e. The molecule has 0 fully saturated rings. The second-order valence-corrected chi connectivity index (χ2v) is 5.49. The number of hydrogen-bond donors (Lipinski definition) is 1. The Balaban J connectivity index is 1.94. The van der Waals surface area contributed by atoms with Gasteiger partial charge in [-0.1, -0.05) is 22.7 Å². The average Bonchev–Trinajstić information content (AvgIpc) is 3.08. The summed E-state index contributed by atoms with van der Waals surface area (Å²) < 4.78 is 36.3. The fraction of sp³-hybridized carbons (Fsp3) is 0.0625. The van der Waals surface area contributed by atoms with E-state index in [0.717, 1.165) is 23.7 Å². The zero-order valence-electron chi connectivity index (χ0n) is 12.4. The summed E-state index contributed by atoms with van der Waals surface area (Å²) in [5, 5.41) is 6.16. The van der Waals surface area contributed by atoms with Crippen LogP contribution in [-0.4, -0.2) is 22.6 Å². The first-order valence-corrected chi connectivity index (χ1v) is 7.59. The molecule has 0 bridgehead atoms. The van der Waals surface area contributed by atoms with E-state index in [1.54, 1.807) is 24.3 Å². The quantitative estimate of drug-likeness (QED) is 0.781. The lowest BCUT2D eigenvalue weighted by atomic mass is 10.1. The Morgan fingerprint density at radius 2 is 1.88 bits per heavy atom. The lowest BCUT2D eigenvalue weighted by molar-refractivity contribution is 0.103. The van der Waals surface area contributed by atoms with Gasteiger partial charge in [-0.05, 0) is 35.8 Å². The SMILES string of the molecule is COc1cccc(-c2nnsc2C(=O)Nc2c(F)cccc2F)c1. The number of methoxy groups -OCH3 is 1. The molecule has 0 saturated heterocycles. The van der Waals surface area contributed by atoms with Gasteiger partial charge in [0.1, 0.15) is 33.6 Å². The lowest BCUT2D eigenvalue weighted by Gasteiger charge is -2.07. The van der Waals surface area contributed by atoms with Crippen molar-refractivity contribution in [3.05, 3.63) is 59.0 Å². The van der Waals surface area contributed by atoms with Crippen LogP contribution in [0.15, 0.2) is 42.5 Å². The maximum absolute atomic E-state index is 13.7. The number of anilines is 1. The van der Waals surface area contributed by atoms with E-state index in [1.165, 1.54) is 13.2 Å². The van der Waals surface area contributed by atoms with Crippen molar-refractivity contribution < 1.29 is 18.3 Å². The van der Waals surface area contributed by atoms with Gasteiger partial charge >= 0.3 is 0 Å². The molecule has 0 aliphatic rings. The van der Waals surface area contributed by atoms with Crippen LogP contribution in [0.1, 0.15) is 9.67 Å². The van der Waals surface area contributed by atoms with E-state index in [2.05, 4.69) is 14.9 Å². The Bertz CT molecular complexity index is 878. The first-order chi connectivity index (χ1) is 11.6. The Kier molecular flexibility index (Phi) is 4.48.